The fourth-order valence-corrected chi connectivity index (χ4v) is 1.90. The molecule has 2 aromatic rings. The van der Waals surface area contributed by atoms with Gasteiger partial charge in [-0.15, -0.1) is 11.8 Å². The van der Waals surface area contributed by atoms with Crippen molar-refractivity contribution in [2.75, 3.05) is 6.26 Å². The van der Waals surface area contributed by atoms with Gasteiger partial charge in [-0.05, 0) is 41.6 Å². The van der Waals surface area contributed by atoms with Crippen LogP contribution in [0.4, 0.5) is 0 Å². The molecule has 0 aliphatic carbocycles. The van der Waals surface area contributed by atoms with E-state index in [2.05, 4.69) is 18.2 Å². The predicted octanol–water partition coefficient (Wildman–Crippen LogP) is 3.69. The summed E-state index contributed by atoms with van der Waals surface area (Å²) in [4.78, 5) is 11.9. The van der Waals surface area contributed by atoms with Gasteiger partial charge in [0.25, 0.3) is 0 Å². The molecule has 1 radical (unpaired) electrons. The molecule has 0 saturated heterocycles. The first-order valence-corrected chi connectivity index (χ1v) is 6.17. The average Bonchev–Trinajstić information content (AvgIpc) is 2.39. The molecule has 0 aromatic heterocycles. The first-order valence-electron chi connectivity index (χ1n) is 4.95. The summed E-state index contributed by atoms with van der Waals surface area (Å²) in [5.74, 6) is 0. The zero-order chi connectivity index (χ0) is 11.4. The molecule has 2 rings (SSSR count). The van der Waals surface area contributed by atoms with Crippen molar-refractivity contribution in [2.24, 2.45) is 0 Å². The maximum Gasteiger partial charge on any atom is 0.150 e. The van der Waals surface area contributed by atoms with Gasteiger partial charge >= 0.3 is 0 Å². The van der Waals surface area contributed by atoms with Crippen LogP contribution in [0, 0.1) is 6.07 Å². The van der Waals surface area contributed by atoms with Crippen molar-refractivity contribution in [3.63, 3.8) is 0 Å². The fourth-order valence-electron chi connectivity index (χ4n) is 1.49. The van der Waals surface area contributed by atoms with E-state index in [0.29, 0.717) is 5.56 Å². The summed E-state index contributed by atoms with van der Waals surface area (Å²) < 4.78 is 0. The summed E-state index contributed by atoms with van der Waals surface area (Å²) in [6.07, 6.45) is 2.90. The largest absolute Gasteiger partial charge is 0.298 e. The van der Waals surface area contributed by atoms with Crippen LogP contribution in [0.3, 0.4) is 0 Å². The molecule has 0 amide bonds. The minimum atomic E-state index is 0.683. The molecule has 0 aliphatic heterocycles. The van der Waals surface area contributed by atoms with E-state index in [-0.39, 0.29) is 0 Å². The topological polar surface area (TPSA) is 17.1 Å². The van der Waals surface area contributed by atoms with Crippen molar-refractivity contribution in [3.8, 4) is 11.1 Å². The maximum atomic E-state index is 10.7. The molecule has 0 heterocycles. The second-order valence-corrected chi connectivity index (χ2v) is 4.26. The van der Waals surface area contributed by atoms with Crippen molar-refractivity contribution in [2.45, 2.75) is 4.90 Å². The van der Waals surface area contributed by atoms with Gasteiger partial charge < -0.3 is 0 Å². The van der Waals surface area contributed by atoms with Gasteiger partial charge in [-0.25, -0.2) is 0 Å². The highest BCUT2D eigenvalue weighted by Gasteiger charge is 1.99. The Morgan fingerprint density at radius 3 is 2.56 bits per heavy atom. The molecule has 0 unspecified atom stereocenters. The Morgan fingerprint density at radius 1 is 1.19 bits per heavy atom. The molecule has 0 N–H and O–H groups in total. The lowest BCUT2D eigenvalue weighted by molar-refractivity contribution is 0.112. The molecular formula is C14H11OS. The second-order valence-electron chi connectivity index (χ2n) is 3.38. The number of hydrogen-bond acceptors (Lipinski definition) is 2. The first-order chi connectivity index (χ1) is 7.83. The Labute approximate surface area is 99.5 Å². The molecule has 0 atom stereocenters. The first kappa shape index (κ1) is 11.0. The molecule has 1 nitrogen and oxygen atoms in total. The average molecular weight is 227 g/mol. The summed E-state index contributed by atoms with van der Waals surface area (Å²) in [6.45, 7) is 0. The molecule has 79 valence electrons. The molecule has 0 spiro atoms. The minimum absolute atomic E-state index is 0.683. The summed E-state index contributed by atoms with van der Waals surface area (Å²) >= 11 is 1.71. The molecule has 2 aromatic carbocycles. The molecule has 0 aliphatic rings. The lowest BCUT2D eigenvalue weighted by atomic mass is 10.0. The van der Waals surface area contributed by atoms with E-state index in [1.807, 2.05) is 24.5 Å². The molecular weight excluding hydrogens is 216 g/mol. The standard InChI is InChI=1S/C14H11OS/c1-16-14-7-5-12(6-8-14)13-4-2-3-11(9-13)10-15/h2-3,5-10H,1H3. The molecule has 0 bridgehead atoms. The van der Waals surface area contributed by atoms with Crippen LogP contribution in [0.5, 0.6) is 0 Å². The summed E-state index contributed by atoms with van der Waals surface area (Å²) in [7, 11) is 0. The Morgan fingerprint density at radius 2 is 1.94 bits per heavy atom. The number of benzene rings is 2. The van der Waals surface area contributed by atoms with Gasteiger partial charge in [-0.2, -0.15) is 0 Å². The maximum absolute atomic E-state index is 10.7. The fraction of sp³-hybridized carbons (Fsp3) is 0.0714. The van der Waals surface area contributed by atoms with Crippen LogP contribution in [-0.2, 0) is 0 Å². The lowest BCUT2D eigenvalue weighted by Crippen LogP contribution is -1.82. The van der Waals surface area contributed by atoms with E-state index < -0.39 is 0 Å². The van der Waals surface area contributed by atoms with Gasteiger partial charge in [0.2, 0.25) is 0 Å². The van der Waals surface area contributed by atoms with Gasteiger partial charge in [0.15, 0.2) is 0 Å². The van der Waals surface area contributed by atoms with E-state index >= 15 is 0 Å². The van der Waals surface area contributed by atoms with Gasteiger partial charge in [-0.1, -0.05) is 24.3 Å². The number of carbonyl (C=O) groups is 1. The Kier molecular flexibility index (Phi) is 3.42. The lowest BCUT2D eigenvalue weighted by Gasteiger charge is -2.03. The van der Waals surface area contributed by atoms with Gasteiger partial charge in [0.1, 0.15) is 6.29 Å². The minimum Gasteiger partial charge on any atom is -0.298 e. The molecule has 0 saturated carbocycles. The van der Waals surface area contributed by atoms with Crippen molar-refractivity contribution < 1.29 is 4.79 Å². The molecule has 2 heteroatoms. The highest BCUT2D eigenvalue weighted by Crippen LogP contribution is 2.23. The number of thioether (sulfide) groups is 1. The SMILES string of the molecule is CSc1ccc(-c2[c]ccc(C=O)c2)cc1. The number of carbonyl (C=O) groups excluding carboxylic acids is 1. The van der Waals surface area contributed by atoms with Crippen molar-refractivity contribution in [3.05, 3.63) is 54.1 Å². The van der Waals surface area contributed by atoms with Crippen LogP contribution < -0.4 is 0 Å². The van der Waals surface area contributed by atoms with E-state index in [4.69, 9.17) is 0 Å². The van der Waals surface area contributed by atoms with Crippen LogP contribution >= 0.6 is 11.8 Å². The monoisotopic (exact) mass is 227 g/mol. The van der Waals surface area contributed by atoms with Crippen molar-refractivity contribution in [1.29, 1.82) is 0 Å². The Balaban J connectivity index is 2.38. The normalized spacial score (nSPS) is 10.1. The Bertz CT molecular complexity index is 488. The van der Waals surface area contributed by atoms with E-state index in [0.717, 1.165) is 17.4 Å². The zero-order valence-electron chi connectivity index (χ0n) is 8.94. The number of rotatable bonds is 3. The van der Waals surface area contributed by atoms with Crippen LogP contribution in [0.2, 0.25) is 0 Å². The predicted molar refractivity (Wildman–Crippen MR) is 67.9 cm³/mol. The summed E-state index contributed by atoms with van der Waals surface area (Å²) in [5.41, 5.74) is 2.72. The molecule has 16 heavy (non-hydrogen) atoms. The summed E-state index contributed by atoms with van der Waals surface area (Å²) in [6, 6.07) is 16.8. The summed E-state index contributed by atoms with van der Waals surface area (Å²) in [5, 5.41) is 0. The van der Waals surface area contributed by atoms with Crippen molar-refractivity contribution in [1.82, 2.24) is 0 Å². The van der Waals surface area contributed by atoms with Crippen LogP contribution in [-0.4, -0.2) is 12.5 Å². The highest BCUT2D eigenvalue weighted by atomic mass is 32.2. The third-order valence-corrected chi connectivity index (χ3v) is 3.11. The Hall–Kier alpha value is -1.54. The van der Waals surface area contributed by atoms with Crippen LogP contribution in [0.25, 0.3) is 11.1 Å². The smallest absolute Gasteiger partial charge is 0.150 e. The van der Waals surface area contributed by atoms with E-state index in [9.17, 15) is 4.79 Å². The zero-order valence-corrected chi connectivity index (χ0v) is 9.75. The molecule has 0 fully saturated rings. The van der Waals surface area contributed by atoms with Gasteiger partial charge in [0, 0.05) is 10.5 Å². The van der Waals surface area contributed by atoms with Crippen LogP contribution in [0.1, 0.15) is 10.4 Å². The second kappa shape index (κ2) is 4.99. The van der Waals surface area contributed by atoms with Gasteiger partial charge in [-0.3, -0.25) is 4.79 Å². The third-order valence-electron chi connectivity index (χ3n) is 2.36. The van der Waals surface area contributed by atoms with Crippen LogP contribution in [0.15, 0.2) is 47.4 Å². The van der Waals surface area contributed by atoms with Crippen molar-refractivity contribution >= 4 is 18.0 Å². The number of hydrogen-bond donors (Lipinski definition) is 0. The van der Waals surface area contributed by atoms with Gasteiger partial charge in [0.05, 0.1) is 0 Å². The highest BCUT2D eigenvalue weighted by molar-refractivity contribution is 7.98. The third kappa shape index (κ3) is 2.34. The quantitative estimate of drug-likeness (QED) is 0.587. The van der Waals surface area contributed by atoms with E-state index in [1.54, 1.807) is 23.9 Å². The number of aldehydes is 1. The van der Waals surface area contributed by atoms with E-state index in [1.165, 1.54) is 4.90 Å².